The van der Waals surface area contributed by atoms with Gasteiger partial charge >= 0.3 is 5.82 Å². The van der Waals surface area contributed by atoms with E-state index < -0.39 is 4.92 Å². The number of aromatic nitrogens is 1. The lowest BCUT2D eigenvalue weighted by Crippen LogP contribution is -3.00. The maximum absolute atomic E-state index is 11.0. The molecule has 1 rings (SSSR count). The summed E-state index contributed by atoms with van der Waals surface area (Å²) in [6.45, 7) is 1.28. The van der Waals surface area contributed by atoms with Crippen LogP contribution in [0.4, 0.5) is 5.82 Å². The van der Waals surface area contributed by atoms with Crippen LogP contribution in [-0.4, -0.2) is 57.5 Å². The Labute approximate surface area is 118 Å². The average Bonchev–Trinajstić information content (AvgIpc) is 2.59. The van der Waals surface area contributed by atoms with Crippen LogP contribution in [-0.2, 0) is 13.6 Å². The van der Waals surface area contributed by atoms with E-state index in [1.807, 2.05) is 7.05 Å². The van der Waals surface area contributed by atoms with E-state index in [0.29, 0.717) is 29.7 Å². The second kappa shape index (κ2) is 7.44. The zero-order chi connectivity index (χ0) is 13.8. The van der Waals surface area contributed by atoms with Crippen LogP contribution in [0.5, 0.6) is 0 Å². The number of nitro groups is 1. The molecule has 1 aromatic heterocycles. The van der Waals surface area contributed by atoms with Gasteiger partial charge in [-0.3, -0.25) is 0 Å². The number of rotatable bonds is 7. The molecular weight excluding hydrogens is 274 g/mol. The Morgan fingerprint density at radius 3 is 2.32 bits per heavy atom. The monoisotopic (exact) mass is 293 g/mol. The van der Waals surface area contributed by atoms with Gasteiger partial charge in [0, 0.05) is 0 Å². The van der Waals surface area contributed by atoms with Gasteiger partial charge in [-0.05, 0) is 11.0 Å². The highest BCUT2D eigenvalue weighted by Crippen LogP contribution is 2.22. The molecule has 19 heavy (non-hydrogen) atoms. The first-order valence-electron chi connectivity index (χ1n) is 5.77. The van der Waals surface area contributed by atoms with E-state index in [9.17, 15) is 10.1 Å². The van der Waals surface area contributed by atoms with Crippen LogP contribution in [0.1, 0.15) is 5.56 Å². The van der Waals surface area contributed by atoms with E-state index in [1.165, 1.54) is 4.57 Å². The van der Waals surface area contributed by atoms with Crippen molar-refractivity contribution in [1.29, 1.82) is 0 Å². The summed E-state index contributed by atoms with van der Waals surface area (Å²) in [6.07, 6.45) is 1.65. The molecule has 8 heteroatoms. The van der Waals surface area contributed by atoms with Crippen molar-refractivity contribution in [2.24, 2.45) is 7.05 Å². The fourth-order valence-corrected chi connectivity index (χ4v) is 2.11. The largest absolute Gasteiger partial charge is 1.00 e. The molecule has 0 unspecified atom stereocenters. The minimum atomic E-state index is -0.405. The number of hydrogen-bond acceptors (Lipinski definition) is 4. The summed E-state index contributed by atoms with van der Waals surface area (Å²) in [5.41, 5.74) is 0.618. The molecule has 2 N–H and O–H groups in total. The van der Waals surface area contributed by atoms with E-state index >= 15 is 0 Å². The summed E-state index contributed by atoms with van der Waals surface area (Å²) in [4.78, 5) is 10.6. The molecule has 0 bridgehead atoms. The predicted molar refractivity (Wildman–Crippen MR) is 65.9 cm³/mol. The van der Waals surface area contributed by atoms with E-state index in [4.69, 9.17) is 10.2 Å². The van der Waals surface area contributed by atoms with Gasteiger partial charge in [-0.2, -0.15) is 0 Å². The van der Waals surface area contributed by atoms with Gasteiger partial charge in [0.15, 0.2) is 0 Å². The van der Waals surface area contributed by atoms with Gasteiger partial charge in [0.05, 0.1) is 33.5 Å². The molecule has 110 valence electrons. The van der Waals surface area contributed by atoms with E-state index in [-0.39, 0.29) is 31.4 Å². The van der Waals surface area contributed by atoms with E-state index in [2.05, 4.69) is 0 Å². The molecule has 0 aromatic carbocycles. The van der Waals surface area contributed by atoms with Gasteiger partial charge in [0.1, 0.15) is 25.2 Å². The molecule has 0 saturated heterocycles. The van der Waals surface area contributed by atoms with Crippen molar-refractivity contribution in [2.75, 3.05) is 33.4 Å². The minimum absolute atomic E-state index is 0. The number of aryl methyl sites for hydroxylation is 1. The first-order valence-corrected chi connectivity index (χ1v) is 5.77. The zero-order valence-corrected chi connectivity index (χ0v) is 11.9. The molecule has 0 atom stereocenters. The fraction of sp³-hybridized carbons (Fsp3) is 0.636. The number of aliphatic hydroxyl groups is 2. The molecule has 0 aliphatic heterocycles. The molecule has 0 aliphatic rings. The van der Waals surface area contributed by atoms with Crippen molar-refractivity contribution in [2.45, 2.75) is 6.54 Å². The molecule has 1 heterocycles. The number of halogens is 1. The van der Waals surface area contributed by atoms with Crippen LogP contribution >= 0.6 is 0 Å². The molecule has 0 aliphatic carbocycles. The second-order valence-electron chi connectivity index (χ2n) is 4.70. The van der Waals surface area contributed by atoms with Gasteiger partial charge in [-0.15, -0.1) is 0 Å². The predicted octanol–water partition coefficient (Wildman–Crippen LogP) is -3.13. The Kier molecular flexibility index (Phi) is 6.99. The van der Waals surface area contributed by atoms with Crippen molar-refractivity contribution < 1.29 is 32.0 Å². The lowest BCUT2D eigenvalue weighted by Gasteiger charge is -2.32. The minimum Gasteiger partial charge on any atom is -1.00 e. The molecule has 0 amide bonds. The zero-order valence-electron chi connectivity index (χ0n) is 11.1. The molecule has 0 saturated carbocycles. The van der Waals surface area contributed by atoms with Crippen molar-refractivity contribution in [3.05, 3.63) is 27.9 Å². The summed E-state index contributed by atoms with van der Waals surface area (Å²) >= 11 is 0. The Morgan fingerprint density at radius 2 is 1.89 bits per heavy atom. The van der Waals surface area contributed by atoms with Gasteiger partial charge in [-0.25, -0.2) is 4.57 Å². The maximum atomic E-state index is 11.0. The van der Waals surface area contributed by atoms with Crippen LogP contribution in [0.3, 0.4) is 0 Å². The average molecular weight is 294 g/mol. The highest BCUT2D eigenvalue weighted by atomic mass is 35.5. The van der Waals surface area contributed by atoms with Crippen molar-refractivity contribution in [3.63, 3.8) is 0 Å². The van der Waals surface area contributed by atoms with Crippen LogP contribution in [0, 0.1) is 10.1 Å². The summed E-state index contributed by atoms with van der Waals surface area (Å²) in [6, 6.07) is 1.71. The quantitative estimate of drug-likeness (QED) is 0.316. The van der Waals surface area contributed by atoms with Crippen LogP contribution in [0.15, 0.2) is 12.3 Å². The topological polar surface area (TPSA) is 88.5 Å². The number of aliphatic hydroxyl groups excluding tert-OH is 2. The maximum Gasteiger partial charge on any atom is 0.331 e. The molecule has 0 radical (unpaired) electrons. The number of quaternary nitrogens is 1. The molecule has 0 fully saturated rings. The van der Waals surface area contributed by atoms with Crippen molar-refractivity contribution >= 4 is 5.82 Å². The molecule has 0 spiro atoms. The number of likely N-dealkylation sites (N-methyl/N-ethyl adjacent to an activating group) is 1. The normalized spacial score (nSPS) is 11.2. The first-order chi connectivity index (χ1) is 8.43. The number of nitrogens with zero attached hydrogens (tertiary/aromatic N) is 3. The molecular formula is C11H20ClN3O4. The van der Waals surface area contributed by atoms with Gasteiger partial charge < -0.3 is 37.2 Å². The second-order valence-corrected chi connectivity index (χ2v) is 4.70. The van der Waals surface area contributed by atoms with Gasteiger partial charge in [0.25, 0.3) is 0 Å². The third-order valence-corrected chi connectivity index (χ3v) is 3.13. The summed E-state index contributed by atoms with van der Waals surface area (Å²) < 4.78 is 1.84. The number of hydrogen-bond donors (Lipinski definition) is 2. The van der Waals surface area contributed by atoms with Crippen molar-refractivity contribution in [3.8, 4) is 0 Å². The van der Waals surface area contributed by atoms with Crippen molar-refractivity contribution in [1.82, 2.24) is 4.57 Å². The Hall–Kier alpha value is -1.15. The van der Waals surface area contributed by atoms with Crippen LogP contribution in [0.25, 0.3) is 0 Å². The summed E-state index contributed by atoms with van der Waals surface area (Å²) in [5.74, 6) is 0.0650. The fourth-order valence-electron chi connectivity index (χ4n) is 2.11. The molecule has 1 aromatic rings. The van der Waals surface area contributed by atoms with Crippen LogP contribution < -0.4 is 12.4 Å². The lowest BCUT2D eigenvalue weighted by atomic mass is 10.2. The smallest absolute Gasteiger partial charge is 0.331 e. The highest BCUT2D eigenvalue weighted by Gasteiger charge is 2.27. The first kappa shape index (κ1) is 17.8. The summed E-state index contributed by atoms with van der Waals surface area (Å²) in [7, 11) is 3.49. The lowest BCUT2D eigenvalue weighted by molar-refractivity contribution is -0.923. The van der Waals surface area contributed by atoms with E-state index in [0.717, 1.165) is 0 Å². The Bertz CT molecular complexity index is 416. The van der Waals surface area contributed by atoms with Gasteiger partial charge in [0.2, 0.25) is 0 Å². The SMILES string of the molecule is Cn1ccc(C[N+](C)(CCO)CCO)c1[N+](=O)[O-].[Cl-]. The summed E-state index contributed by atoms with van der Waals surface area (Å²) in [5, 5.41) is 29.1. The van der Waals surface area contributed by atoms with Crippen LogP contribution in [0.2, 0.25) is 0 Å². The standard InChI is InChI=1S/C11H20N3O4.ClH/c1-12-4-3-10(11(12)13(17)18)9-14(2,5-7-15)6-8-16;/h3-4,15-16H,5-9H2,1-2H3;1H/q+1;/p-1. The third-order valence-electron chi connectivity index (χ3n) is 3.13. The molecule has 7 nitrogen and oxygen atoms in total. The Morgan fingerprint density at radius 1 is 1.37 bits per heavy atom. The Balaban J connectivity index is 0.00000324. The van der Waals surface area contributed by atoms with E-state index in [1.54, 1.807) is 19.3 Å². The third kappa shape index (κ3) is 4.46. The van der Waals surface area contributed by atoms with Gasteiger partial charge in [-0.1, -0.05) is 0 Å². The highest BCUT2D eigenvalue weighted by molar-refractivity contribution is 5.33.